The third kappa shape index (κ3) is 9.71. The standard InChI is InChI=1S/C28H30N4O2S2/c1-21(35-19-25-9-5-3-6-10-25)27(33)31-29-17-23-13-15-24(16-14-23)18-30-32-28(34)22(2)36-20-26-11-7-4-8-12-26/h3-18,21-22H,19-20H2,1-2H3,(H,31,33)(H,32,34). The molecule has 3 aromatic carbocycles. The quantitative estimate of drug-likeness (QED) is 0.254. The molecule has 0 aliphatic carbocycles. The Hall–Kier alpha value is -3.36. The van der Waals surface area contributed by atoms with E-state index in [4.69, 9.17) is 0 Å². The van der Waals surface area contributed by atoms with Crippen molar-refractivity contribution in [3.63, 3.8) is 0 Å². The van der Waals surface area contributed by atoms with Crippen molar-refractivity contribution in [2.75, 3.05) is 0 Å². The van der Waals surface area contributed by atoms with E-state index in [1.807, 2.05) is 98.8 Å². The Labute approximate surface area is 221 Å². The average Bonchev–Trinajstić information content (AvgIpc) is 2.92. The molecule has 0 aliphatic heterocycles. The molecule has 0 saturated heterocycles. The molecule has 36 heavy (non-hydrogen) atoms. The van der Waals surface area contributed by atoms with Gasteiger partial charge in [-0.25, -0.2) is 10.9 Å². The van der Waals surface area contributed by atoms with Crippen molar-refractivity contribution in [3.05, 3.63) is 107 Å². The fourth-order valence-electron chi connectivity index (χ4n) is 2.93. The zero-order valence-corrected chi connectivity index (χ0v) is 22.0. The van der Waals surface area contributed by atoms with Gasteiger partial charge in [-0.1, -0.05) is 84.9 Å². The van der Waals surface area contributed by atoms with Crippen LogP contribution in [0.15, 0.2) is 95.1 Å². The van der Waals surface area contributed by atoms with E-state index in [1.54, 1.807) is 36.0 Å². The van der Waals surface area contributed by atoms with E-state index in [2.05, 4.69) is 21.1 Å². The molecule has 2 N–H and O–H groups in total. The molecule has 186 valence electrons. The van der Waals surface area contributed by atoms with Gasteiger partial charge < -0.3 is 0 Å². The molecule has 0 saturated carbocycles. The first-order valence-corrected chi connectivity index (χ1v) is 13.7. The van der Waals surface area contributed by atoms with E-state index >= 15 is 0 Å². The maximum absolute atomic E-state index is 12.2. The number of amides is 2. The van der Waals surface area contributed by atoms with Crippen LogP contribution in [0.2, 0.25) is 0 Å². The number of nitrogens with one attached hydrogen (secondary N) is 2. The molecule has 3 rings (SSSR count). The van der Waals surface area contributed by atoms with Crippen LogP contribution in [0.25, 0.3) is 0 Å². The number of benzene rings is 3. The summed E-state index contributed by atoms with van der Waals surface area (Å²) in [5.41, 5.74) is 9.24. The Morgan fingerprint density at radius 2 is 1.03 bits per heavy atom. The first-order chi connectivity index (χ1) is 17.5. The predicted molar refractivity (Wildman–Crippen MR) is 152 cm³/mol. The normalized spacial score (nSPS) is 12.9. The second kappa shape index (κ2) is 14.9. The summed E-state index contributed by atoms with van der Waals surface area (Å²) in [7, 11) is 0. The van der Waals surface area contributed by atoms with Gasteiger partial charge in [0, 0.05) is 11.5 Å². The maximum atomic E-state index is 12.2. The van der Waals surface area contributed by atoms with Gasteiger partial charge in [-0.05, 0) is 36.1 Å². The summed E-state index contributed by atoms with van der Waals surface area (Å²) in [4.78, 5) is 24.5. The van der Waals surface area contributed by atoms with Crippen LogP contribution in [0.4, 0.5) is 0 Å². The number of carbonyl (C=O) groups is 2. The highest BCUT2D eigenvalue weighted by atomic mass is 32.2. The summed E-state index contributed by atoms with van der Waals surface area (Å²) < 4.78 is 0. The number of carbonyl (C=O) groups excluding carboxylic acids is 2. The zero-order chi connectivity index (χ0) is 25.6. The maximum Gasteiger partial charge on any atom is 0.252 e. The molecule has 0 aliphatic rings. The van der Waals surface area contributed by atoms with Gasteiger partial charge in [-0.15, -0.1) is 23.5 Å². The highest BCUT2D eigenvalue weighted by Crippen LogP contribution is 2.18. The van der Waals surface area contributed by atoms with Crippen LogP contribution in [0.3, 0.4) is 0 Å². The fraction of sp³-hybridized carbons (Fsp3) is 0.214. The third-order valence-corrected chi connectivity index (χ3v) is 7.57. The SMILES string of the molecule is CC(SCc1ccccc1)C(=O)NN=Cc1ccc(C=NNC(=O)C(C)SCc2ccccc2)cc1. The van der Waals surface area contributed by atoms with Gasteiger partial charge in [-0.3, -0.25) is 9.59 Å². The van der Waals surface area contributed by atoms with Crippen molar-refractivity contribution in [2.24, 2.45) is 10.2 Å². The molecule has 0 aromatic heterocycles. The Kier molecular flexibility index (Phi) is 11.3. The van der Waals surface area contributed by atoms with Gasteiger partial charge in [-0.2, -0.15) is 10.2 Å². The first kappa shape index (κ1) is 27.2. The van der Waals surface area contributed by atoms with Gasteiger partial charge in [0.1, 0.15) is 0 Å². The van der Waals surface area contributed by atoms with E-state index in [0.717, 1.165) is 22.6 Å². The summed E-state index contributed by atoms with van der Waals surface area (Å²) in [6, 6.07) is 27.6. The van der Waals surface area contributed by atoms with Crippen LogP contribution in [-0.2, 0) is 21.1 Å². The van der Waals surface area contributed by atoms with E-state index in [-0.39, 0.29) is 22.3 Å². The topological polar surface area (TPSA) is 82.9 Å². The van der Waals surface area contributed by atoms with E-state index in [9.17, 15) is 9.59 Å². The Morgan fingerprint density at radius 1 is 0.667 bits per heavy atom. The number of nitrogens with zero attached hydrogens (tertiary/aromatic N) is 2. The second-order valence-corrected chi connectivity index (χ2v) is 10.7. The third-order valence-electron chi connectivity index (χ3n) is 5.14. The number of rotatable bonds is 12. The number of hydrogen-bond donors (Lipinski definition) is 2. The van der Waals surface area contributed by atoms with E-state index in [1.165, 1.54) is 11.1 Å². The molecular formula is C28H30N4O2S2. The molecule has 2 atom stereocenters. The lowest BCUT2D eigenvalue weighted by Crippen LogP contribution is -2.27. The molecular weight excluding hydrogens is 488 g/mol. The molecule has 0 heterocycles. The summed E-state index contributed by atoms with van der Waals surface area (Å²) in [5, 5.41) is 7.70. The van der Waals surface area contributed by atoms with Crippen molar-refractivity contribution in [2.45, 2.75) is 35.9 Å². The Balaban J connectivity index is 1.37. The smallest absolute Gasteiger partial charge is 0.252 e. The highest BCUT2D eigenvalue weighted by Gasteiger charge is 2.13. The minimum atomic E-state index is -0.212. The van der Waals surface area contributed by atoms with Crippen LogP contribution in [-0.4, -0.2) is 34.7 Å². The van der Waals surface area contributed by atoms with Crippen molar-refractivity contribution >= 4 is 47.8 Å². The van der Waals surface area contributed by atoms with Gasteiger partial charge in [0.15, 0.2) is 0 Å². The molecule has 0 bridgehead atoms. The van der Waals surface area contributed by atoms with Crippen molar-refractivity contribution < 1.29 is 9.59 Å². The summed E-state index contributed by atoms with van der Waals surface area (Å²) in [6.07, 6.45) is 3.20. The lowest BCUT2D eigenvalue weighted by Gasteiger charge is -2.09. The van der Waals surface area contributed by atoms with Gasteiger partial charge in [0.05, 0.1) is 22.9 Å². The van der Waals surface area contributed by atoms with Crippen molar-refractivity contribution in [1.82, 2.24) is 10.9 Å². The fourth-order valence-corrected chi connectivity index (χ4v) is 4.61. The molecule has 0 radical (unpaired) electrons. The lowest BCUT2D eigenvalue weighted by molar-refractivity contribution is -0.121. The van der Waals surface area contributed by atoms with Gasteiger partial charge in [0.2, 0.25) is 0 Å². The Bertz CT molecular complexity index is 1060. The molecule has 0 fully saturated rings. The average molecular weight is 519 g/mol. The minimum Gasteiger partial charge on any atom is -0.272 e. The summed E-state index contributed by atoms with van der Waals surface area (Å²) in [6.45, 7) is 3.74. The number of hydrogen-bond acceptors (Lipinski definition) is 6. The van der Waals surface area contributed by atoms with Crippen LogP contribution in [0, 0.1) is 0 Å². The van der Waals surface area contributed by atoms with Crippen molar-refractivity contribution in [1.29, 1.82) is 0 Å². The van der Waals surface area contributed by atoms with Crippen molar-refractivity contribution in [3.8, 4) is 0 Å². The molecule has 8 heteroatoms. The van der Waals surface area contributed by atoms with E-state index < -0.39 is 0 Å². The first-order valence-electron chi connectivity index (χ1n) is 11.6. The molecule has 6 nitrogen and oxygen atoms in total. The largest absolute Gasteiger partial charge is 0.272 e. The van der Waals surface area contributed by atoms with Crippen LogP contribution in [0.5, 0.6) is 0 Å². The Morgan fingerprint density at radius 3 is 1.39 bits per heavy atom. The van der Waals surface area contributed by atoms with Crippen LogP contribution < -0.4 is 10.9 Å². The number of thioether (sulfide) groups is 2. The van der Waals surface area contributed by atoms with Gasteiger partial charge in [0.25, 0.3) is 11.8 Å². The lowest BCUT2D eigenvalue weighted by atomic mass is 10.2. The van der Waals surface area contributed by atoms with Crippen LogP contribution in [0.1, 0.15) is 36.1 Å². The highest BCUT2D eigenvalue weighted by molar-refractivity contribution is 8.00. The minimum absolute atomic E-state index is 0.136. The zero-order valence-electron chi connectivity index (χ0n) is 20.3. The van der Waals surface area contributed by atoms with Gasteiger partial charge >= 0.3 is 0 Å². The second-order valence-electron chi connectivity index (χ2n) is 8.01. The summed E-state index contributed by atoms with van der Waals surface area (Å²) >= 11 is 3.13. The number of hydrazone groups is 2. The molecule has 2 amide bonds. The molecule has 3 aromatic rings. The molecule has 0 spiro atoms. The van der Waals surface area contributed by atoms with E-state index in [0.29, 0.717) is 0 Å². The predicted octanol–water partition coefficient (Wildman–Crippen LogP) is 5.23. The monoisotopic (exact) mass is 518 g/mol. The molecule has 2 unspecified atom stereocenters. The summed E-state index contributed by atoms with van der Waals surface area (Å²) in [5.74, 6) is 1.27. The van der Waals surface area contributed by atoms with Crippen LogP contribution >= 0.6 is 23.5 Å².